The highest BCUT2D eigenvalue weighted by molar-refractivity contribution is 7.98. The van der Waals surface area contributed by atoms with Gasteiger partial charge >= 0.3 is 5.97 Å². The Bertz CT molecular complexity index is 673. The number of carbonyl (C=O) groups excluding carboxylic acids is 1. The van der Waals surface area contributed by atoms with E-state index in [0.29, 0.717) is 11.6 Å². The molecule has 3 rings (SSSR count). The molecule has 0 radical (unpaired) electrons. The molecule has 0 saturated heterocycles. The summed E-state index contributed by atoms with van der Waals surface area (Å²) in [4.78, 5) is 16.4. The molecule has 5 heteroatoms. The van der Waals surface area contributed by atoms with Gasteiger partial charge in [0, 0.05) is 6.04 Å². The van der Waals surface area contributed by atoms with Crippen molar-refractivity contribution in [2.75, 3.05) is 13.4 Å². The average Bonchev–Trinajstić information content (AvgIpc) is 2.72. The summed E-state index contributed by atoms with van der Waals surface area (Å²) >= 11 is 1.68. The van der Waals surface area contributed by atoms with Crippen LogP contribution in [0.2, 0.25) is 0 Å². The van der Waals surface area contributed by atoms with Crippen LogP contribution in [-0.4, -0.2) is 28.9 Å². The lowest BCUT2D eigenvalue weighted by atomic mass is 10.1. The zero-order valence-corrected chi connectivity index (χ0v) is 14.0. The first-order chi connectivity index (χ1) is 10.7. The molecule has 1 heterocycles. The summed E-state index contributed by atoms with van der Waals surface area (Å²) in [5, 5.41) is 1.05. The highest BCUT2D eigenvalue weighted by Gasteiger charge is 2.21. The Morgan fingerprint density at radius 3 is 2.64 bits per heavy atom. The molecule has 1 aromatic heterocycles. The predicted molar refractivity (Wildman–Crippen MR) is 89.6 cm³/mol. The van der Waals surface area contributed by atoms with Gasteiger partial charge in [-0.05, 0) is 37.3 Å². The number of nitrogens with zero attached hydrogens (tertiary/aromatic N) is 2. The third-order valence-corrected chi connectivity index (χ3v) is 5.10. The van der Waals surface area contributed by atoms with E-state index in [1.54, 1.807) is 11.8 Å². The number of carbonyl (C=O) groups is 1. The number of hydrogen-bond donors (Lipinski definition) is 0. The standard InChI is InChI=1S/C17H22N2O2S/c1-21-16(20)12-9-10-15-14(11-12)18-17(22-2)19(15)13-7-5-3-4-6-8-13/h9-11,13H,3-8H2,1-2H3. The molecule has 2 aromatic rings. The summed E-state index contributed by atoms with van der Waals surface area (Å²) in [6.45, 7) is 0. The van der Waals surface area contributed by atoms with E-state index in [9.17, 15) is 4.79 Å². The molecule has 0 N–H and O–H groups in total. The van der Waals surface area contributed by atoms with Crippen LogP contribution >= 0.6 is 11.8 Å². The summed E-state index contributed by atoms with van der Waals surface area (Å²) in [6.07, 6.45) is 9.76. The van der Waals surface area contributed by atoms with Crippen LogP contribution in [0.15, 0.2) is 23.4 Å². The summed E-state index contributed by atoms with van der Waals surface area (Å²) in [6, 6.07) is 6.22. The molecule has 0 bridgehead atoms. The van der Waals surface area contributed by atoms with Crippen molar-refractivity contribution in [3.63, 3.8) is 0 Å². The van der Waals surface area contributed by atoms with Crippen molar-refractivity contribution in [2.24, 2.45) is 0 Å². The number of imidazole rings is 1. The lowest BCUT2D eigenvalue weighted by molar-refractivity contribution is 0.0601. The molecule has 0 amide bonds. The quantitative estimate of drug-likeness (QED) is 0.477. The molecule has 0 spiro atoms. The highest BCUT2D eigenvalue weighted by Crippen LogP contribution is 2.34. The smallest absolute Gasteiger partial charge is 0.337 e. The Labute approximate surface area is 135 Å². The number of rotatable bonds is 3. The minimum absolute atomic E-state index is 0.309. The van der Waals surface area contributed by atoms with Crippen LogP contribution < -0.4 is 0 Å². The van der Waals surface area contributed by atoms with Crippen molar-refractivity contribution in [1.82, 2.24) is 9.55 Å². The minimum atomic E-state index is -0.309. The van der Waals surface area contributed by atoms with Gasteiger partial charge in [-0.1, -0.05) is 37.4 Å². The Morgan fingerprint density at radius 2 is 2.00 bits per heavy atom. The van der Waals surface area contributed by atoms with Gasteiger partial charge in [-0.25, -0.2) is 9.78 Å². The summed E-state index contributed by atoms with van der Waals surface area (Å²) < 4.78 is 7.18. The first kappa shape index (κ1) is 15.4. The Morgan fingerprint density at radius 1 is 1.27 bits per heavy atom. The van der Waals surface area contributed by atoms with Crippen LogP contribution in [0.25, 0.3) is 11.0 Å². The van der Waals surface area contributed by atoms with Gasteiger partial charge in [-0.15, -0.1) is 0 Å². The maximum Gasteiger partial charge on any atom is 0.337 e. The van der Waals surface area contributed by atoms with Crippen LogP contribution in [0.1, 0.15) is 54.9 Å². The van der Waals surface area contributed by atoms with Crippen molar-refractivity contribution in [2.45, 2.75) is 49.7 Å². The fourth-order valence-corrected chi connectivity index (χ4v) is 3.97. The van der Waals surface area contributed by atoms with Crippen LogP contribution in [0.5, 0.6) is 0 Å². The van der Waals surface area contributed by atoms with E-state index in [0.717, 1.165) is 16.2 Å². The van der Waals surface area contributed by atoms with E-state index in [2.05, 4.69) is 10.8 Å². The van der Waals surface area contributed by atoms with Crippen molar-refractivity contribution in [3.8, 4) is 0 Å². The lowest BCUT2D eigenvalue weighted by Crippen LogP contribution is -2.09. The Hall–Kier alpha value is -1.49. The number of thioether (sulfide) groups is 1. The normalized spacial score (nSPS) is 16.6. The zero-order chi connectivity index (χ0) is 15.5. The number of esters is 1. The topological polar surface area (TPSA) is 44.1 Å². The van der Waals surface area contributed by atoms with E-state index in [-0.39, 0.29) is 5.97 Å². The molecule has 1 aliphatic carbocycles. The van der Waals surface area contributed by atoms with Crippen molar-refractivity contribution >= 4 is 28.8 Å². The molecule has 118 valence electrons. The second kappa shape index (κ2) is 6.73. The first-order valence-corrected chi connectivity index (χ1v) is 9.11. The lowest BCUT2D eigenvalue weighted by Gasteiger charge is -2.19. The van der Waals surface area contributed by atoms with Gasteiger partial charge in [0.2, 0.25) is 0 Å². The predicted octanol–water partition coefficient (Wildman–Crippen LogP) is 4.44. The van der Waals surface area contributed by atoms with Gasteiger partial charge in [0.1, 0.15) is 0 Å². The number of benzene rings is 1. The molecule has 0 unspecified atom stereocenters. The number of fused-ring (bicyclic) bond motifs is 1. The Balaban J connectivity index is 2.06. The average molecular weight is 318 g/mol. The van der Waals surface area contributed by atoms with Crippen molar-refractivity contribution in [1.29, 1.82) is 0 Å². The fourth-order valence-electron chi connectivity index (χ4n) is 3.33. The van der Waals surface area contributed by atoms with Gasteiger partial charge in [0.15, 0.2) is 5.16 Å². The molecule has 0 atom stereocenters. The third kappa shape index (κ3) is 2.86. The highest BCUT2D eigenvalue weighted by atomic mass is 32.2. The van der Waals surface area contributed by atoms with Crippen molar-refractivity contribution in [3.05, 3.63) is 23.8 Å². The molecule has 1 saturated carbocycles. The second-order valence-corrected chi connectivity index (χ2v) is 6.58. The van der Waals surface area contributed by atoms with Gasteiger partial charge in [0.05, 0.1) is 23.7 Å². The second-order valence-electron chi connectivity index (χ2n) is 5.81. The molecule has 1 aliphatic rings. The third-order valence-electron chi connectivity index (χ3n) is 4.45. The van der Waals surface area contributed by atoms with Crippen LogP contribution in [0.3, 0.4) is 0 Å². The van der Waals surface area contributed by atoms with Crippen molar-refractivity contribution < 1.29 is 9.53 Å². The van der Waals surface area contributed by atoms with E-state index < -0.39 is 0 Å². The number of ether oxygens (including phenoxy) is 1. The molecular formula is C17H22N2O2S. The van der Waals surface area contributed by atoms with Crippen LogP contribution in [0.4, 0.5) is 0 Å². The summed E-state index contributed by atoms with van der Waals surface area (Å²) in [5.74, 6) is -0.309. The van der Waals surface area contributed by atoms with Gasteiger partial charge in [-0.2, -0.15) is 0 Å². The van der Waals surface area contributed by atoms with E-state index in [4.69, 9.17) is 9.72 Å². The monoisotopic (exact) mass is 318 g/mol. The SMILES string of the molecule is COC(=O)c1ccc2c(c1)nc(SC)n2C1CCCCCC1. The van der Waals surface area contributed by atoms with Gasteiger partial charge in [0.25, 0.3) is 0 Å². The molecule has 0 aliphatic heterocycles. The van der Waals surface area contributed by atoms with Crippen LogP contribution in [0, 0.1) is 0 Å². The first-order valence-electron chi connectivity index (χ1n) is 7.89. The van der Waals surface area contributed by atoms with Gasteiger partial charge < -0.3 is 9.30 Å². The summed E-state index contributed by atoms with van der Waals surface area (Å²) in [5.41, 5.74) is 2.58. The molecule has 4 nitrogen and oxygen atoms in total. The summed E-state index contributed by atoms with van der Waals surface area (Å²) in [7, 11) is 1.41. The largest absolute Gasteiger partial charge is 0.465 e. The molecular weight excluding hydrogens is 296 g/mol. The number of hydrogen-bond acceptors (Lipinski definition) is 4. The van der Waals surface area contributed by atoms with E-state index >= 15 is 0 Å². The van der Waals surface area contributed by atoms with E-state index in [1.165, 1.54) is 45.6 Å². The van der Waals surface area contributed by atoms with Crippen LogP contribution in [-0.2, 0) is 4.74 Å². The minimum Gasteiger partial charge on any atom is -0.465 e. The molecule has 22 heavy (non-hydrogen) atoms. The van der Waals surface area contributed by atoms with E-state index in [1.807, 2.05) is 18.2 Å². The maximum absolute atomic E-state index is 11.7. The zero-order valence-electron chi connectivity index (χ0n) is 13.2. The van der Waals surface area contributed by atoms with Gasteiger partial charge in [-0.3, -0.25) is 0 Å². The fraction of sp³-hybridized carbons (Fsp3) is 0.529. The maximum atomic E-state index is 11.7. The molecule has 1 aromatic carbocycles. The molecule has 1 fully saturated rings. The Kier molecular flexibility index (Phi) is 4.71. The number of aromatic nitrogens is 2. The number of methoxy groups -OCH3 is 1.